The van der Waals surface area contributed by atoms with Crippen molar-refractivity contribution in [3.8, 4) is 0 Å². The Kier molecular flexibility index (Phi) is 4.52. The largest absolute Gasteiger partial charge is 0.383 e. The Hall–Kier alpha value is -1.62. The third-order valence-corrected chi connectivity index (χ3v) is 4.43. The minimum Gasteiger partial charge on any atom is -0.383 e. The topological polar surface area (TPSA) is 58.4 Å². The molecule has 0 radical (unpaired) electrons. The van der Waals surface area contributed by atoms with Gasteiger partial charge in [0.05, 0.1) is 4.92 Å². The van der Waals surface area contributed by atoms with Gasteiger partial charge in [-0.1, -0.05) is 26.8 Å². The average Bonchev–Trinajstić information content (AvgIpc) is 2.87. The van der Waals surface area contributed by atoms with Gasteiger partial charge in [-0.3, -0.25) is 15.0 Å². The van der Waals surface area contributed by atoms with Gasteiger partial charge in [-0.2, -0.15) is 0 Å². The molecule has 1 unspecified atom stereocenters. The first-order valence-corrected chi connectivity index (χ1v) is 7.48. The van der Waals surface area contributed by atoms with Crippen molar-refractivity contribution in [2.24, 2.45) is 11.3 Å². The second kappa shape index (κ2) is 6.02. The lowest BCUT2D eigenvalue weighted by atomic mass is 9.80. The SMILES string of the molecule is CNc1ccc(CN2CCC(C(C)(C)C)C2)cc1[N+](=O)[O-]. The van der Waals surface area contributed by atoms with Crippen LogP contribution < -0.4 is 5.32 Å². The molecule has 1 aliphatic heterocycles. The highest BCUT2D eigenvalue weighted by Crippen LogP contribution is 2.34. The van der Waals surface area contributed by atoms with Crippen LogP contribution in [-0.4, -0.2) is 30.0 Å². The maximum atomic E-state index is 11.1. The van der Waals surface area contributed by atoms with E-state index in [-0.39, 0.29) is 10.6 Å². The lowest BCUT2D eigenvalue weighted by Gasteiger charge is -2.27. The van der Waals surface area contributed by atoms with Gasteiger partial charge in [0.25, 0.3) is 5.69 Å². The van der Waals surface area contributed by atoms with Gasteiger partial charge in [-0.15, -0.1) is 0 Å². The van der Waals surface area contributed by atoms with Crippen LogP contribution in [0.15, 0.2) is 18.2 Å². The van der Waals surface area contributed by atoms with E-state index in [2.05, 4.69) is 31.0 Å². The van der Waals surface area contributed by atoms with Crippen LogP contribution >= 0.6 is 0 Å². The number of anilines is 1. The Morgan fingerprint density at radius 1 is 1.43 bits per heavy atom. The summed E-state index contributed by atoms with van der Waals surface area (Å²) in [4.78, 5) is 13.2. The van der Waals surface area contributed by atoms with E-state index in [1.54, 1.807) is 19.2 Å². The zero-order chi connectivity index (χ0) is 15.6. The first-order chi connectivity index (χ1) is 9.81. The zero-order valence-electron chi connectivity index (χ0n) is 13.3. The predicted octanol–water partition coefficient (Wildman–Crippen LogP) is 3.50. The third kappa shape index (κ3) is 3.73. The summed E-state index contributed by atoms with van der Waals surface area (Å²) in [5, 5.41) is 14.0. The summed E-state index contributed by atoms with van der Waals surface area (Å²) in [5.74, 6) is 0.698. The molecule has 1 saturated heterocycles. The standard InChI is InChI=1S/C16H25N3O2/c1-16(2,3)13-7-8-18(11-13)10-12-5-6-14(17-4)15(9-12)19(20)21/h5-6,9,13,17H,7-8,10-11H2,1-4H3. The Bertz CT molecular complexity index is 523. The van der Waals surface area contributed by atoms with Gasteiger partial charge in [0.15, 0.2) is 0 Å². The summed E-state index contributed by atoms with van der Waals surface area (Å²) in [5.41, 5.74) is 2.06. The number of nitro groups is 1. The number of nitrogens with zero attached hydrogens (tertiary/aromatic N) is 2. The van der Waals surface area contributed by atoms with Crippen molar-refractivity contribution >= 4 is 11.4 Å². The Labute approximate surface area is 126 Å². The van der Waals surface area contributed by atoms with Crippen LogP contribution in [0.4, 0.5) is 11.4 Å². The number of rotatable bonds is 4. The highest BCUT2D eigenvalue weighted by atomic mass is 16.6. The fraction of sp³-hybridized carbons (Fsp3) is 0.625. The van der Waals surface area contributed by atoms with Crippen LogP contribution in [0.2, 0.25) is 0 Å². The van der Waals surface area contributed by atoms with E-state index in [1.807, 2.05) is 6.07 Å². The minimum atomic E-state index is -0.322. The van der Waals surface area contributed by atoms with E-state index in [4.69, 9.17) is 0 Å². The fourth-order valence-electron chi connectivity index (χ4n) is 2.98. The van der Waals surface area contributed by atoms with Crippen molar-refractivity contribution in [3.05, 3.63) is 33.9 Å². The summed E-state index contributed by atoms with van der Waals surface area (Å²) < 4.78 is 0. The molecule has 5 heteroatoms. The lowest BCUT2D eigenvalue weighted by molar-refractivity contribution is -0.384. The van der Waals surface area contributed by atoms with E-state index in [9.17, 15) is 10.1 Å². The van der Waals surface area contributed by atoms with E-state index >= 15 is 0 Å². The monoisotopic (exact) mass is 291 g/mol. The van der Waals surface area contributed by atoms with Gasteiger partial charge in [-0.25, -0.2) is 0 Å². The number of likely N-dealkylation sites (tertiary alicyclic amines) is 1. The van der Waals surface area contributed by atoms with Crippen molar-refractivity contribution in [2.75, 3.05) is 25.5 Å². The van der Waals surface area contributed by atoms with E-state index in [1.165, 1.54) is 6.42 Å². The molecule has 1 atom stereocenters. The Morgan fingerprint density at radius 3 is 2.67 bits per heavy atom. The molecule has 0 amide bonds. The Morgan fingerprint density at radius 2 is 2.14 bits per heavy atom. The van der Waals surface area contributed by atoms with Crippen molar-refractivity contribution in [2.45, 2.75) is 33.7 Å². The van der Waals surface area contributed by atoms with Crippen LogP contribution in [0.5, 0.6) is 0 Å². The molecule has 2 rings (SSSR count). The van der Waals surface area contributed by atoms with Crippen LogP contribution in [0.3, 0.4) is 0 Å². The summed E-state index contributed by atoms with van der Waals surface area (Å²) >= 11 is 0. The molecule has 1 aliphatic rings. The van der Waals surface area contributed by atoms with Gasteiger partial charge in [-0.05, 0) is 35.9 Å². The highest BCUT2D eigenvalue weighted by Gasteiger charge is 2.31. The van der Waals surface area contributed by atoms with Crippen molar-refractivity contribution in [3.63, 3.8) is 0 Å². The molecule has 0 aliphatic carbocycles. The molecule has 1 N–H and O–H groups in total. The average molecular weight is 291 g/mol. The normalized spacial score (nSPS) is 19.7. The maximum Gasteiger partial charge on any atom is 0.292 e. The van der Waals surface area contributed by atoms with Crippen molar-refractivity contribution in [1.29, 1.82) is 0 Å². The molecule has 0 bridgehead atoms. The maximum absolute atomic E-state index is 11.1. The number of nitro benzene ring substituents is 1. The summed E-state index contributed by atoms with van der Waals surface area (Å²) in [6, 6.07) is 5.46. The summed E-state index contributed by atoms with van der Waals surface area (Å²) in [6.45, 7) is 9.79. The van der Waals surface area contributed by atoms with Crippen LogP contribution in [0.1, 0.15) is 32.8 Å². The van der Waals surface area contributed by atoms with Gasteiger partial charge in [0.2, 0.25) is 0 Å². The molecule has 0 aromatic heterocycles. The van der Waals surface area contributed by atoms with Crippen molar-refractivity contribution in [1.82, 2.24) is 4.90 Å². The molecule has 1 aromatic carbocycles. The highest BCUT2D eigenvalue weighted by molar-refractivity contribution is 5.62. The van der Waals surface area contributed by atoms with Gasteiger partial charge in [0.1, 0.15) is 5.69 Å². The molecule has 116 valence electrons. The molecule has 0 spiro atoms. The van der Waals surface area contributed by atoms with Crippen LogP contribution in [-0.2, 0) is 6.54 Å². The molecule has 0 saturated carbocycles. The molecule has 5 nitrogen and oxygen atoms in total. The van der Waals surface area contributed by atoms with Crippen LogP contribution in [0.25, 0.3) is 0 Å². The summed E-state index contributed by atoms with van der Waals surface area (Å²) in [6.07, 6.45) is 1.21. The lowest BCUT2D eigenvalue weighted by Crippen LogP contribution is -2.25. The first kappa shape index (κ1) is 15.8. The van der Waals surface area contributed by atoms with Crippen molar-refractivity contribution < 1.29 is 4.92 Å². The van der Waals surface area contributed by atoms with E-state index < -0.39 is 0 Å². The number of nitrogens with one attached hydrogen (secondary N) is 1. The van der Waals surface area contributed by atoms with Crippen LogP contribution in [0, 0.1) is 21.4 Å². The molecular weight excluding hydrogens is 266 g/mol. The van der Waals surface area contributed by atoms with E-state index in [0.717, 1.165) is 25.2 Å². The van der Waals surface area contributed by atoms with Gasteiger partial charge in [0, 0.05) is 26.2 Å². The molecule has 1 aromatic rings. The number of hydrogen-bond acceptors (Lipinski definition) is 4. The predicted molar refractivity (Wildman–Crippen MR) is 85.5 cm³/mol. The zero-order valence-corrected chi connectivity index (χ0v) is 13.3. The molecule has 1 fully saturated rings. The molecule has 1 heterocycles. The third-order valence-electron chi connectivity index (χ3n) is 4.43. The van der Waals surface area contributed by atoms with Gasteiger partial charge >= 0.3 is 0 Å². The quantitative estimate of drug-likeness (QED) is 0.681. The number of hydrogen-bond donors (Lipinski definition) is 1. The molecule has 21 heavy (non-hydrogen) atoms. The number of benzene rings is 1. The Balaban J connectivity index is 2.08. The minimum absolute atomic E-state index is 0.154. The van der Waals surface area contributed by atoms with E-state index in [0.29, 0.717) is 17.0 Å². The van der Waals surface area contributed by atoms with Gasteiger partial charge < -0.3 is 5.32 Å². The second-order valence-corrected chi connectivity index (χ2v) is 6.95. The smallest absolute Gasteiger partial charge is 0.292 e. The second-order valence-electron chi connectivity index (χ2n) is 6.95. The molecular formula is C16H25N3O2. The summed E-state index contributed by atoms with van der Waals surface area (Å²) in [7, 11) is 1.70. The fourth-order valence-corrected chi connectivity index (χ4v) is 2.98. The first-order valence-electron chi connectivity index (χ1n) is 7.48.